The number of alkyl halides is 2. The van der Waals surface area contributed by atoms with Gasteiger partial charge in [0.05, 0.1) is 43.5 Å². The first-order valence-corrected chi connectivity index (χ1v) is 27.4. The number of benzene rings is 2. The molecule has 5 aliphatic heterocycles. The topological polar surface area (TPSA) is 222 Å². The van der Waals surface area contributed by atoms with Gasteiger partial charge in [-0.15, -0.1) is 0 Å². The highest BCUT2D eigenvalue weighted by Crippen LogP contribution is 2.44. The number of carbonyl (C=O) groups excluding carboxylic acids is 4. The van der Waals surface area contributed by atoms with Crippen molar-refractivity contribution in [2.45, 2.75) is 64.0 Å². The minimum Gasteiger partial charge on any atom is -0.494 e. The first kappa shape index (κ1) is 54.0. The van der Waals surface area contributed by atoms with Crippen LogP contribution < -0.4 is 40.8 Å². The van der Waals surface area contributed by atoms with E-state index in [-0.39, 0.29) is 64.6 Å². The molecule has 3 N–H and O–H groups in total. The summed E-state index contributed by atoms with van der Waals surface area (Å²) < 4.78 is 46.0. The van der Waals surface area contributed by atoms with Crippen LogP contribution in [0.25, 0.3) is 22.0 Å². The smallest absolute Gasteiger partial charge is 0.317 e. The quantitative estimate of drug-likeness (QED) is 0.126. The maximum Gasteiger partial charge on any atom is 0.317 e. The van der Waals surface area contributed by atoms with E-state index in [0.29, 0.717) is 148 Å². The van der Waals surface area contributed by atoms with Crippen LogP contribution in [0.15, 0.2) is 53.7 Å². The number of aryl methyl sites for hydroxylation is 3. The molecule has 9 heterocycles. The summed E-state index contributed by atoms with van der Waals surface area (Å²) in [5.41, 5.74) is 5.26. The molecule has 80 heavy (non-hydrogen) atoms. The van der Waals surface area contributed by atoms with Gasteiger partial charge in [-0.05, 0) is 73.9 Å². The molecule has 5 aliphatic rings. The average Bonchev–Trinajstić information content (AvgIpc) is 4.08. The van der Waals surface area contributed by atoms with E-state index in [1.807, 2.05) is 15.9 Å². The summed E-state index contributed by atoms with van der Waals surface area (Å²) in [4.78, 5) is 84.6. The maximum atomic E-state index is 14.8. The van der Waals surface area contributed by atoms with Crippen molar-refractivity contribution in [2.24, 2.45) is 25.9 Å². The van der Waals surface area contributed by atoms with Gasteiger partial charge in [0.25, 0.3) is 17.9 Å². The summed E-state index contributed by atoms with van der Waals surface area (Å²) in [6, 6.07) is 8.34. The van der Waals surface area contributed by atoms with E-state index in [1.54, 1.807) is 72.3 Å². The van der Waals surface area contributed by atoms with Crippen molar-refractivity contribution >= 4 is 75.2 Å². The lowest BCUT2D eigenvalue weighted by Crippen LogP contribution is -2.59. The van der Waals surface area contributed by atoms with E-state index in [9.17, 15) is 32.8 Å². The van der Waals surface area contributed by atoms with Crippen molar-refractivity contribution in [1.29, 1.82) is 0 Å². The minimum atomic E-state index is -2.71. The SMILES string of the molecule is CNC(=O)COc1cc2cc(Nc3nc(N4CCC(C(=O)N5CC(C(=O)N6CCC(n7nc(N8CCCc9cc(-c%10cnn(C)c%10)c(C(F)F)cc98)c8c7CCN(C(=O)NC)C8)CC6)C5)CC4)ncc3Cl)cc(OC)c2n(C)c1=O. The number of hydrogen-bond donors (Lipinski definition) is 3. The molecule has 0 radical (unpaired) electrons. The molecule has 22 nitrogen and oxygen atoms in total. The van der Waals surface area contributed by atoms with E-state index < -0.39 is 12.0 Å². The molecular formula is C55H64ClF2N15O7. The number of fused-ring (bicyclic) bond motifs is 3. The van der Waals surface area contributed by atoms with Gasteiger partial charge in [-0.3, -0.25) is 28.5 Å². The first-order chi connectivity index (χ1) is 38.6. The monoisotopic (exact) mass is 1120 g/mol. The summed E-state index contributed by atoms with van der Waals surface area (Å²) in [6.07, 6.45) is 6.75. The fourth-order valence-corrected chi connectivity index (χ4v) is 12.1. The standard InChI is InChI=1S/C55H64ClF2N15O7/c1-59-46(74)30-80-45-21-33-19-36(22-44(79-5)47(33)67(4)53(45)77)63-49-41(56)25-61-54(64-49)69-14-8-31(9-15-69)51(75)71-27-35(28-71)52(76)68-16-10-37(11-17-68)73-42-12-18-70(55(78)60-2)29-40(42)50(65-73)72-13-6-7-32-20-38(34-24-62-66(3)26-34)39(48(57)58)23-43(32)72/h19-26,31,35,37,48H,6-18,27-30H2,1-5H3,(H,59,74)(H,60,78)(H,61,63,64). The van der Waals surface area contributed by atoms with Gasteiger partial charge < -0.3 is 54.5 Å². The van der Waals surface area contributed by atoms with Crippen LogP contribution >= 0.6 is 11.6 Å². The van der Waals surface area contributed by atoms with Gasteiger partial charge in [0.2, 0.25) is 17.8 Å². The Hall–Kier alpha value is -8.02. The Morgan fingerprint density at radius 2 is 1.61 bits per heavy atom. The van der Waals surface area contributed by atoms with E-state index in [0.717, 1.165) is 29.7 Å². The zero-order chi connectivity index (χ0) is 56.1. The van der Waals surface area contributed by atoms with Crippen LogP contribution in [-0.4, -0.2) is 153 Å². The zero-order valence-corrected chi connectivity index (χ0v) is 46.1. The molecule has 25 heteroatoms. The Kier molecular flexibility index (Phi) is 15.0. The van der Waals surface area contributed by atoms with Crippen molar-refractivity contribution in [3.8, 4) is 22.6 Å². The predicted octanol–water partition coefficient (Wildman–Crippen LogP) is 5.71. The summed E-state index contributed by atoms with van der Waals surface area (Å²) >= 11 is 6.62. The Morgan fingerprint density at radius 1 is 0.850 bits per heavy atom. The second-order valence-electron chi connectivity index (χ2n) is 21.1. The number of methoxy groups -OCH3 is 1. The number of anilines is 5. The van der Waals surface area contributed by atoms with Crippen LogP contribution in [0, 0.1) is 11.8 Å². The lowest BCUT2D eigenvalue weighted by atomic mass is 9.90. The third kappa shape index (κ3) is 10.3. The predicted molar refractivity (Wildman–Crippen MR) is 295 cm³/mol. The zero-order valence-electron chi connectivity index (χ0n) is 45.3. The number of nitrogens with one attached hydrogen (secondary N) is 3. The molecular weight excluding hydrogens is 1060 g/mol. The first-order valence-electron chi connectivity index (χ1n) is 27.1. The second kappa shape index (κ2) is 22.3. The normalized spacial score (nSPS) is 17.1. The van der Waals surface area contributed by atoms with Crippen molar-refractivity contribution in [1.82, 2.24) is 59.4 Å². The van der Waals surface area contributed by atoms with E-state index in [4.69, 9.17) is 31.2 Å². The largest absolute Gasteiger partial charge is 0.494 e. The number of pyridine rings is 1. The number of hydrogen-bond acceptors (Lipinski definition) is 14. The lowest BCUT2D eigenvalue weighted by molar-refractivity contribution is -0.152. The van der Waals surface area contributed by atoms with Crippen molar-refractivity contribution < 1.29 is 37.4 Å². The van der Waals surface area contributed by atoms with Crippen LogP contribution in [0.2, 0.25) is 5.02 Å². The number of ether oxygens (including phenoxy) is 2. The van der Waals surface area contributed by atoms with Gasteiger partial charge in [-0.25, -0.2) is 18.6 Å². The Labute approximate surface area is 464 Å². The molecule has 11 rings (SSSR count). The number of amides is 5. The van der Waals surface area contributed by atoms with Gasteiger partial charge in [0, 0.05) is 144 Å². The maximum absolute atomic E-state index is 14.8. The Balaban J connectivity index is 0.707. The Morgan fingerprint density at radius 3 is 2.31 bits per heavy atom. The van der Waals surface area contributed by atoms with E-state index >= 15 is 0 Å². The van der Waals surface area contributed by atoms with Gasteiger partial charge in [-0.2, -0.15) is 15.2 Å². The fraction of sp³-hybridized carbons (Fsp3) is 0.473. The number of piperidine rings is 2. The van der Waals surface area contributed by atoms with Crippen molar-refractivity contribution in [3.63, 3.8) is 0 Å². The molecule has 0 bridgehead atoms. The third-order valence-corrected chi connectivity index (χ3v) is 16.6. The average molecular weight is 1120 g/mol. The van der Waals surface area contributed by atoms with Crippen LogP contribution in [0.3, 0.4) is 0 Å². The van der Waals surface area contributed by atoms with Gasteiger partial charge in [0.15, 0.2) is 24.0 Å². The summed E-state index contributed by atoms with van der Waals surface area (Å²) in [5, 5.41) is 18.9. The molecule has 422 valence electrons. The van der Waals surface area contributed by atoms with Gasteiger partial charge >= 0.3 is 6.03 Å². The number of urea groups is 1. The molecule has 0 saturated carbocycles. The van der Waals surface area contributed by atoms with E-state index in [2.05, 4.69) is 35.6 Å². The van der Waals surface area contributed by atoms with Gasteiger partial charge in [-0.1, -0.05) is 11.6 Å². The van der Waals surface area contributed by atoms with Crippen molar-refractivity contribution in [2.75, 3.05) is 95.3 Å². The highest BCUT2D eigenvalue weighted by Gasteiger charge is 2.42. The molecule has 2 aromatic carbocycles. The number of carbonyl (C=O) groups is 4. The molecule has 0 aliphatic carbocycles. The van der Waals surface area contributed by atoms with Crippen LogP contribution in [0.1, 0.15) is 67.0 Å². The van der Waals surface area contributed by atoms with Gasteiger partial charge in [0.1, 0.15) is 10.8 Å². The van der Waals surface area contributed by atoms with Crippen LogP contribution in [0.5, 0.6) is 11.5 Å². The summed E-state index contributed by atoms with van der Waals surface area (Å²) in [5.74, 6) is 1.08. The van der Waals surface area contributed by atoms with E-state index in [1.165, 1.54) is 24.9 Å². The number of rotatable bonds is 13. The number of halogens is 3. The van der Waals surface area contributed by atoms with Crippen LogP contribution in [0.4, 0.5) is 42.5 Å². The summed E-state index contributed by atoms with van der Waals surface area (Å²) in [6.45, 7) is 3.96. The molecule has 4 aromatic heterocycles. The fourth-order valence-electron chi connectivity index (χ4n) is 12.0. The lowest BCUT2D eigenvalue weighted by Gasteiger charge is -2.44. The number of nitrogens with zero attached hydrogens (tertiary/aromatic N) is 12. The van der Waals surface area contributed by atoms with Crippen molar-refractivity contribution in [3.05, 3.63) is 86.7 Å². The Bertz CT molecular complexity index is 3460. The molecule has 3 fully saturated rings. The third-order valence-electron chi connectivity index (χ3n) is 16.3. The number of likely N-dealkylation sites (tertiary alicyclic amines) is 2. The molecule has 5 amide bonds. The molecule has 0 spiro atoms. The molecule has 6 aromatic rings. The molecule has 3 saturated heterocycles. The molecule has 0 atom stereocenters. The summed E-state index contributed by atoms with van der Waals surface area (Å²) in [7, 11) is 7.95. The number of likely N-dealkylation sites (N-methyl/N-ethyl adjacent to an activating group) is 1. The highest BCUT2D eigenvalue weighted by atomic mass is 35.5. The highest BCUT2D eigenvalue weighted by molar-refractivity contribution is 6.33. The van der Waals surface area contributed by atoms with Crippen LogP contribution in [-0.2, 0) is 47.9 Å². The molecule has 0 unspecified atom stereocenters. The second-order valence-corrected chi connectivity index (χ2v) is 21.6. The number of aromatic nitrogens is 7. The minimum absolute atomic E-state index is 0.00104.